The average molecular weight is 247 g/mol. The first-order valence-electron chi connectivity index (χ1n) is 6.35. The Morgan fingerprint density at radius 3 is 2.88 bits per heavy atom. The van der Waals surface area contributed by atoms with Crippen LogP contribution in [0.15, 0.2) is 0 Å². The Kier molecular flexibility index (Phi) is 7.25. The lowest BCUT2D eigenvalue weighted by atomic mass is 10.0. The van der Waals surface area contributed by atoms with Crippen molar-refractivity contribution in [2.24, 2.45) is 5.92 Å². The minimum atomic E-state index is -0.688. The molecule has 0 bridgehead atoms. The van der Waals surface area contributed by atoms with E-state index < -0.39 is 10.8 Å². The molecule has 3 atom stereocenters. The third-order valence-electron chi connectivity index (χ3n) is 3.36. The summed E-state index contributed by atoms with van der Waals surface area (Å²) in [6.07, 6.45) is 5.03. The van der Waals surface area contributed by atoms with Crippen LogP contribution in [0.25, 0.3) is 0 Å². The zero-order valence-corrected chi connectivity index (χ0v) is 11.4. The Morgan fingerprint density at radius 2 is 2.19 bits per heavy atom. The highest BCUT2D eigenvalue weighted by atomic mass is 32.2. The predicted octanol–water partition coefficient (Wildman–Crippen LogP) is 1.55. The number of ether oxygens (including phenoxy) is 1. The number of methoxy groups -OCH3 is 1. The highest BCUT2D eigenvalue weighted by Crippen LogP contribution is 2.28. The van der Waals surface area contributed by atoms with Crippen molar-refractivity contribution in [1.29, 1.82) is 0 Å². The lowest BCUT2D eigenvalue weighted by Crippen LogP contribution is -2.32. The Hall–Kier alpha value is 0.0700. The van der Waals surface area contributed by atoms with Gasteiger partial charge < -0.3 is 10.1 Å². The van der Waals surface area contributed by atoms with Crippen molar-refractivity contribution in [1.82, 2.24) is 5.32 Å². The van der Waals surface area contributed by atoms with Crippen LogP contribution in [-0.4, -0.2) is 42.0 Å². The van der Waals surface area contributed by atoms with Crippen LogP contribution in [0.3, 0.4) is 0 Å². The summed E-state index contributed by atoms with van der Waals surface area (Å²) in [4.78, 5) is 0. The van der Waals surface area contributed by atoms with E-state index in [0.717, 1.165) is 24.6 Å². The van der Waals surface area contributed by atoms with Gasteiger partial charge in [-0.15, -0.1) is 0 Å². The van der Waals surface area contributed by atoms with Crippen molar-refractivity contribution < 1.29 is 8.95 Å². The fourth-order valence-corrected chi connectivity index (χ4v) is 3.60. The summed E-state index contributed by atoms with van der Waals surface area (Å²) in [7, 11) is 0.975. The van der Waals surface area contributed by atoms with Gasteiger partial charge in [0.25, 0.3) is 0 Å². The van der Waals surface area contributed by atoms with E-state index in [9.17, 15) is 4.21 Å². The normalized spacial score (nSPS) is 27.1. The molecule has 1 rings (SSSR count). The van der Waals surface area contributed by atoms with E-state index in [1.807, 2.05) is 0 Å². The van der Waals surface area contributed by atoms with Gasteiger partial charge in [0, 0.05) is 35.5 Å². The van der Waals surface area contributed by atoms with Crippen molar-refractivity contribution >= 4 is 10.8 Å². The lowest BCUT2D eigenvalue weighted by Gasteiger charge is -2.19. The molecule has 0 heterocycles. The van der Waals surface area contributed by atoms with Crippen molar-refractivity contribution in [3.05, 3.63) is 0 Å². The SMILES string of the molecule is CCNC1CCCC1CCS(=O)CCOC. The smallest absolute Gasteiger partial charge is 0.0577 e. The van der Waals surface area contributed by atoms with E-state index in [1.165, 1.54) is 19.3 Å². The van der Waals surface area contributed by atoms with E-state index in [1.54, 1.807) is 7.11 Å². The summed E-state index contributed by atoms with van der Waals surface area (Å²) in [5.41, 5.74) is 0. The lowest BCUT2D eigenvalue weighted by molar-refractivity contribution is 0.218. The molecule has 1 aliphatic carbocycles. The minimum Gasteiger partial charge on any atom is -0.384 e. The monoisotopic (exact) mass is 247 g/mol. The van der Waals surface area contributed by atoms with Crippen molar-refractivity contribution in [3.8, 4) is 0 Å². The molecule has 1 N–H and O–H groups in total. The molecule has 1 aliphatic rings. The van der Waals surface area contributed by atoms with Crippen molar-refractivity contribution in [2.45, 2.75) is 38.6 Å². The molecule has 0 aromatic rings. The minimum absolute atomic E-state index is 0.619. The number of hydrogen-bond acceptors (Lipinski definition) is 3. The molecule has 0 aromatic heterocycles. The van der Waals surface area contributed by atoms with Crippen LogP contribution >= 0.6 is 0 Å². The summed E-state index contributed by atoms with van der Waals surface area (Å²) in [5.74, 6) is 2.27. The molecule has 0 aliphatic heterocycles. The highest BCUT2D eigenvalue weighted by Gasteiger charge is 2.26. The highest BCUT2D eigenvalue weighted by molar-refractivity contribution is 7.84. The molecule has 16 heavy (non-hydrogen) atoms. The summed E-state index contributed by atoms with van der Waals surface area (Å²) in [5, 5.41) is 3.54. The molecule has 0 radical (unpaired) electrons. The van der Waals surface area contributed by atoms with Gasteiger partial charge in [-0.25, -0.2) is 0 Å². The third kappa shape index (κ3) is 4.93. The maximum Gasteiger partial charge on any atom is 0.0577 e. The second-order valence-electron chi connectivity index (χ2n) is 4.48. The first-order valence-corrected chi connectivity index (χ1v) is 7.84. The molecular weight excluding hydrogens is 222 g/mol. The van der Waals surface area contributed by atoms with Gasteiger partial charge >= 0.3 is 0 Å². The van der Waals surface area contributed by atoms with Gasteiger partial charge in [-0.05, 0) is 31.7 Å². The Bertz CT molecular complexity index is 211. The molecule has 96 valence electrons. The van der Waals surface area contributed by atoms with E-state index in [2.05, 4.69) is 12.2 Å². The molecular formula is C12H25NO2S. The molecule has 0 spiro atoms. The van der Waals surface area contributed by atoms with Gasteiger partial charge in [0.2, 0.25) is 0 Å². The largest absolute Gasteiger partial charge is 0.384 e. The molecule has 0 amide bonds. The van der Waals surface area contributed by atoms with E-state index in [0.29, 0.717) is 18.4 Å². The van der Waals surface area contributed by atoms with Crippen LogP contribution < -0.4 is 5.32 Å². The topological polar surface area (TPSA) is 38.3 Å². The summed E-state index contributed by atoms with van der Waals surface area (Å²) >= 11 is 0. The Balaban J connectivity index is 2.18. The van der Waals surface area contributed by atoms with Crippen LogP contribution in [0.5, 0.6) is 0 Å². The van der Waals surface area contributed by atoms with Crippen molar-refractivity contribution in [2.75, 3.05) is 31.8 Å². The molecule has 1 saturated carbocycles. The van der Waals surface area contributed by atoms with E-state index in [4.69, 9.17) is 4.74 Å². The van der Waals surface area contributed by atoms with Crippen LogP contribution in [0.4, 0.5) is 0 Å². The zero-order chi connectivity index (χ0) is 11.8. The number of nitrogens with one attached hydrogen (secondary N) is 1. The summed E-state index contributed by atoms with van der Waals surface area (Å²) < 4.78 is 16.6. The molecule has 4 heteroatoms. The Morgan fingerprint density at radius 1 is 1.38 bits per heavy atom. The molecule has 3 unspecified atom stereocenters. The second-order valence-corrected chi connectivity index (χ2v) is 6.18. The summed E-state index contributed by atoms with van der Waals surface area (Å²) in [6.45, 7) is 3.83. The van der Waals surface area contributed by atoms with Gasteiger partial charge in [0.1, 0.15) is 0 Å². The van der Waals surface area contributed by atoms with Gasteiger partial charge in [0.15, 0.2) is 0 Å². The molecule has 0 aromatic carbocycles. The molecule has 1 fully saturated rings. The zero-order valence-electron chi connectivity index (χ0n) is 10.5. The number of rotatable bonds is 8. The van der Waals surface area contributed by atoms with Gasteiger partial charge in [0.05, 0.1) is 6.61 Å². The first-order chi connectivity index (χ1) is 7.77. The van der Waals surface area contributed by atoms with Gasteiger partial charge in [-0.2, -0.15) is 0 Å². The van der Waals surface area contributed by atoms with Crippen LogP contribution in [0, 0.1) is 5.92 Å². The maximum atomic E-state index is 11.6. The summed E-state index contributed by atoms with van der Waals surface area (Å²) in [6, 6.07) is 0.671. The molecule has 0 saturated heterocycles. The quantitative estimate of drug-likeness (QED) is 0.707. The van der Waals surface area contributed by atoms with Crippen LogP contribution in [0.2, 0.25) is 0 Å². The number of hydrogen-bond donors (Lipinski definition) is 1. The van der Waals surface area contributed by atoms with Gasteiger partial charge in [-0.1, -0.05) is 13.3 Å². The van der Waals surface area contributed by atoms with Crippen LogP contribution in [0.1, 0.15) is 32.6 Å². The van der Waals surface area contributed by atoms with Gasteiger partial charge in [-0.3, -0.25) is 4.21 Å². The fraction of sp³-hybridized carbons (Fsp3) is 1.00. The first kappa shape index (κ1) is 14.1. The van der Waals surface area contributed by atoms with Crippen molar-refractivity contribution in [3.63, 3.8) is 0 Å². The molecule has 3 nitrogen and oxygen atoms in total. The van der Waals surface area contributed by atoms with E-state index >= 15 is 0 Å². The van der Waals surface area contributed by atoms with E-state index in [-0.39, 0.29) is 0 Å². The standard InChI is InChI=1S/C12H25NO2S/c1-3-13-12-6-4-5-11(12)7-9-16(14)10-8-15-2/h11-13H,3-10H2,1-2H3. The Labute approximate surface area is 102 Å². The fourth-order valence-electron chi connectivity index (χ4n) is 2.47. The average Bonchev–Trinajstić information content (AvgIpc) is 2.72. The predicted molar refractivity (Wildman–Crippen MR) is 69.2 cm³/mol. The third-order valence-corrected chi connectivity index (χ3v) is 4.67. The van der Waals surface area contributed by atoms with Crippen LogP contribution in [-0.2, 0) is 15.5 Å². The second kappa shape index (κ2) is 8.20. The maximum absolute atomic E-state index is 11.6.